The first-order valence-corrected chi connectivity index (χ1v) is 11.3. The van der Waals surface area contributed by atoms with Gasteiger partial charge in [-0.25, -0.2) is 8.42 Å². The lowest BCUT2D eigenvalue weighted by atomic mass is 9.91. The zero-order chi connectivity index (χ0) is 18.2. The fourth-order valence-electron chi connectivity index (χ4n) is 4.22. The first-order chi connectivity index (χ1) is 12.5. The topological polar surface area (TPSA) is 63.7 Å². The largest absolute Gasteiger partial charge is 0.483 e. The molecule has 3 heterocycles. The summed E-state index contributed by atoms with van der Waals surface area (Å²) >= 11 is 0. The van der Waals surface area contributed by atoms with Gasteiger partial charge in [-0.15, -0.1) is 0 Å². The predicted octanol–water partition coefficient (Wildman–Crippen LogP) is 2.67. The SMILES string of the molecule is O=C(C1CCS(=O)(=O)CC1)N1CCC[C@]2(C=Cc3ccccc3O2)CC1. The van der Waals surface area contributed by atoms with E-state index in [1.807, 2.05) is 29.2 Å². The molecule has 5 nitrogen and oxygen atoms in total. The maximum atomic E-state index is 12.9. The van der Waals surface area contributed by atoms with Crippen LogP contribution in [0.1, 0.15) is 37.7 Å². The molecule has 1 spiro atoms. The Labute approximate surface area is 154 Å². The van der Waals surface area contributed by atoms with Crippen molar-refractivity contribution in [1.29, 1.82) is 0 Å². The molecular formula is C20H25NO4S. The van der Waals surface area contributed by atoms with Crippen molar-refractivity contribution in [3.8, 4) is 5.75 Å². The second-order valence-electron chi connectivity index (χ2n) is 7.64. The van der Waals surface area contributed by atoms with Crippen molar-refractivity contribution < 1.29 is 17.9 Å². The first-order valence-electron chi connectivity index (χ1n) is 9.43. The summed E-state index contributed by atoms with van der Waals surface area (Å²) in [6.07, 6.45) is 7.76. The molecular weight excluding hydrogens is 350 g/mol. The van der Waals surface area contributed by atoms with E-state index < -0.39 is 9.84 Å². The van der Waals surface area contributed by atoms with Crippen LogP contribution in [0, 0.1) is 5.92 Å². The second kappa shape index (κ2) is 6.72. The van der Waals surface area contributed by atoms with Gasteiger partial charge in [0.05, 0.1) is 11.5 Å². The molecule has 0 unspecified atom stereocenters. The van der Waals surface area contributed by atoms with Crippen LogP contribution in [0.3, 0.4) is 0 Å². The maximum absolute atomic E-state index is 12.9. The summed E-state index contributed by atoms with van der Waals surface area (Å²) in [7, 11) is -2.94. The number of hydrogen-bond acceptors (Lipinski definition) is 4. The minimum Gasteiger partial charge on any atom is -0.483 e. The van der Waals surface area contributed by atoms with Crippen LogP contribution in [0.4, 0.5) is 0 Å². The van der Waals surface area contributed by atoms with Crippen LogP contribution in [0.2, 0.25) is 0 Å². The van der Waals surface area contributed by atoms with Gasteiger partial charge in [0, 0.05) is 31.0 Å². The first kappa shape index (κ1) is 17.6. The molecule has 140 valence electrons. The third-order valence-electron chi connectivity index (χ3n) is 5.85. The highest BCUT2D eigenvalue weighted by molar-refractivity contribution is 7.91. The minimum absolute atomic E-state index is 0.122. The Kier molecular flexibility index (Phi) is 4.55. The van der Waals surface area contributed by atoms with Crippen molar-refractivity contribution in [3.63, 3.8) is 0 Å². The van der Waals surface area contributed by atoms with E-state index in [-0.39, 0.29) is 28.9 Å². The molecule has 26 heavy (non-hydrogen) atoms. The molecule has 6 heteroatoms. The highest BCUT2D eigenvalue weighted by Gasteiger charge is 2.37. The monoisotopic (exact) mass is 375 g/mol. The van der Waals surface area contributed by atoms with Gasteiger partial charge in [-0.3, -0.25) is 4.79 Å². The molecule has 3 aliphatic heterocycles. The average Bonchev–Trinajstić information content (AvgIpc) is 2.84. The van der Waals surface area contributed by atoms with Crippen LogP contribution in [0.15, 0.2) is 30.3 Å². The molecule has 2 fully saturated rings. The molecule has 0 aromatic heterocycles. The Hall–Kier alpha value is -1.82. The number of hydrogen-bond donors (Lipinski definition) is 0. The van der Waals surface area contributed by atoms with E-state index in [0.717, 1.165) is 37.1 Å². The van der Waals surface area contributed by atoms with Crippen molar-refractivity contribution in [1.82, 2.24) is 4.90 Å². The molecule has 1 aromatic rings. The van der Waals surface area contributed by atoms with Crippen molar-refractivity contribution in [3.05, 3.63) is 35.9 Å². The number of ether oxygens (including phenoxy) is 1. The lowest BCUT2D eigenvalue weighted by Gasteiger charge is -2.34. The summed E-state index contributed by atoms with van der Waals surface area (Å²) in [6.45, 7) is 1.39. The van der Waals surface area contributed by atoms with E-state index in [1.54, 1.807) is 0 Å². The van der Waals surface area contributed by atoms with Gasteiger partial charge in [0.15, 0.2) is 0 Å². The van der Waals surface area contributed by atoms with Gasteiger partial charge in [-0.05, 0) is 37.8 Å². The molecule has 0 aliphatic carbocycles. The summed E-state index contributed by atoms with van der Waals surface area (Å²) < 4.78 is 29.5. The van der Waals surface area contributed by atoms with E-state index in [4.69, 9.17) is 4.74 Å². The maximum Gasteiger partial charge on any atom is 0.225 e. The fourth-order valence-corrected chi connectivity index (χ4v) is 5.71. The molecule has 0 radical (unpaired) electrons. The fraction of sp³-hybridized carbons (Fsp3) is 0.550. The molecule has 4 rings (SSSR count). The van der Waals surface area contributed by atoms with Gasteiger partial charge in [0.1, 0.15) is 21.2 Å². The van der Waals surface area contributed by atoms with E-state index in [1.165, 1.54) is 0 Å². The van der Waals surface area contributed by atoms with Crippen LogP contribution >= 0.6 is 0 Å². The van der Waals surface area contributed by atoms with Gasteiger partial charge >= 0.3 is 0 Å². The van der Waals surface area contributed by atoms with Crippen LogP contribution in [-0.4, -0.2) is 49.4 Å². The Balaban J connectivity index is 1.42. The molecule has 0 N–H and O–H groups in total. The molecule has 1 atom stereocenters. The van der Waals surface area contributed by atoms with Crippen molar-refractivity contribution >= 4 is 21.8 Å². The summed E-state index contributed by atoms with van der Waals surface area (Å²) in [4.78, 5) is 14.8. The number of nitrogens with zero attached hydrogens (tertiary/aromatic N) is 1. The number of likely N-dealkylation sites (tertiary alicyclic amines) is 1. The van der Waals surface area contributed by atoms with Gasteiger partial charge in [0.25, 0.3) is 0 Å². The Morgan fingerprint density at radius 2 is 1.88 bits per heavy atom. The lowest BCUT2D eigenvalue weighted by Crippen LogP contribution is -2.41. The Bertz CT molecular complexity index is 818. The van der Waals surface area contributed by atoms with E-state index >= 15 is 0 Å². The summed E-state index contributed by atoms with van der Waals surface area (Å²) in [5.41, 5.74) is 0.762. The lowest BCUT2D eigenvalue weighted by molar-refractivity contribution is -0.135. The van der Waals surface area contributed by atoms with Crippen molar-refractivity contribution in [2.45, 2.75) is 37.7 Å². The number of rotatable bonds is 1. The number of amides is 1. The van der Waals surface area contributed by atoms with Gasteiger partial charge < -0.3 is 9.64 Å². The van der Waals surface area contributed by atoms with E-state index in [0.29, 0.717) is 19.4 Å². The highest BCUT2D eigenvalue weighted by Crippen LogP contribution is 2.37. The normalized spacial score (nSPS) is 28.2. The smallest absolute Gasteiger partial charge is 0.225 e. The van der Waals surface area contributed by atoms with Crippen LogP contribution < -0.4 is 4.74 Å². The average molecular weight is 375 g/mol. The second-order valence-corrected chi connectivity index (χ2v) is 9.95. The van der Waals surface area contributed by atoms with E-state index in [2.05, 4.69) is 12.2 Å². The predicted molar refractivity (Wildman–Crippen MR) is 101 cm³/mol. The minimum atomic E-state index is -2.94. The van der Waals surface area contributed by atoms with Crippen molar-refractivity contribution in [2.75, 3.05) is 24.6 Å². The van der Waals surface area contributed by atoms with Gasteiger partial charge in [-0.1, -0.05) is 24.3 Å². The quantitative estimate of drug-likeness (QED) is 0.757. The highest BCUT2D eigenvalue weighted by atomic mass is 32.2. The third kappa shape index (κ3) is 3.52. The summed E-state index contributed by atoms with van der Waals surface area (Å²) in [6, 6.07) is 8.02. The third-order valence-corrected chi connectivity index (χ3v) is 7.56. The molecule has 0 bridgehead atoms. The number of fused-ring (bicyclic) bond motifs is 1. The number of para-hydroxylation sites is 1. The van der Waals surface area contributed by atoms with Crippen molar-refractivity contribution in [2.24, 2.45) is 5.92 Å². The number of carbonyl (C=O) groups excluding carboxylic acids is 1. The van der Waals surface area contributed by atoms with E-state index in [9.17, 15) is 13.2 Å². The van der Waals surface area contributed by atoms with Crippen LogP contribution in [-0.2, 0) is 14.6 Å². The molecule has 3 aliphatic rings. The molecule has 1 aromatic carbocycles. The zero-order valence-electron chi connectivity index (χ0n) is 14.9. The summed E-state index contributed by atoms with van der Waals surface area (Å²) in [5, 5.41) is 0. The zero-order valence-corrected chi connectivity index (χ0v) is 15.7. The Morgan fingerprint density at radius 1 is 1.12 bits per heavy atom. The Morgan fingerprint density at radius 3 is 2.69 bits per heavy atom. The molecule has 2 saturated heterocycles. The molecule has 1 amide bonds. The standard InChI is InChI=1S/C20H25NO4S/c22-19(17-7-14-26(23,24)15-8-17)21-12-3-9-20(11-13-21)10-6-16-4-1-2-5-18(16)25-20/h1-2,4-6,10,17H,3,7-9,11-15H2/t20-/m0/s1. The van der Waals surface area contributed by atoms with Gasteiger partial charge in [0.2, 0.25) is 5.91 Å². The number of benzene rings is 1. The number of carbonyl (C=O) groups is 1. The van der Waals surface area contributed by atoms with Gasteiger partial charge in [-0.2, -0.15) is 0 Å². The summed E-state index contributed by atoms with van der Waals surface area (Å²) in [5.74, 6) is 1.17. The molecule has 0 saturated carbocycles. The van der Waals surface area contributed by atoms with Crippen LogP contribution in [0.5, 0.6) is 5.75 Å². The number of sulfone groups is 1. The van der Waals surface area contributed by atoms with Crippen LogP contribution in [0.25, 0.3) is 6.08 Å².